The minimum atomic E-state index is -0.238. The van der Waals surface area contributed by atoms with E-state index in [-0.39, 0.29) is 5.56 Å². The fourth-order valence-electron chi connectivity index (χ4n) is 4.36. The lowest BCUT2D eigenvalue weighted by Gasteiger charge is -2.36. The van der Waals surface area contributed by atoms with E-state index in [1.165, 1.54) is 21.4 Å². The molecular weight excluding hydrogens is 440 g/mol. The summed E-state index contributed by atoms with van der Waals surface area (Å²) >= 11 is 0. The van der Waals surface area contributed by atoms with E-state index in [0.29, 0.717) is 12.4 Å². The normalized spacial score (nSPS) is 14.3. The van der Waals surface area contributed by atoms with E-state index in [9.17, 15) is 4.79 Å². The number of piperazine rings is 1. The van der Waals surface area contributed by atoms with E-state index in [4.69, 9.17) is 9.15 Å². The van der Waals surface area contributed by atoms with Crippen LogP contribution in [0.5, 0.6) is 5.75 Å². The van der Waals surface area contributed by atoms with Gasteiger partial charge in [-0.25, -0.2) is 0 Å². The molecule has 35 heavy (non-hydrogen) atoms. The van der Waals surface area contributed by atoms with Crippen molar-refractivity contribution in [2.24, 2.45) is 0 Å². The number of aryl methyl sites for hydroxylation is 1. The molecule has 7 heteroatoms. The Morgan fingerprint density at radius 1 is 0.943 bits per heavy atom. The number of para-hydroxylation sites is 1. The summed E-state index contributed by atoms with van der Waals surface area (Å²) in [5.41, 5.74) is 4.82. The molecular formula is C28H30N4O3. The van der Waals surface area contributed by atoms with E-state index in [2.05, 4.69) is 46.1 Å². The number of furan rings is 1. The Balaban J connectivity index is 1.35. The number of hydrogen-bond acceptors (Lipinski definition) is 6. The first kappa shape index (κ1) is 22.9. The molecule has 1 saturated heterocycles. The number of nitrogens with zero attached hydrogens (tertiary/aromatic N) is 4. The van der Waals surface area contributed by atoms with Crippen molar-refractivity contribution in [1.82, 2.24) is 14.7 Å². The molecule has 0 saturated carbocycles. The summed E-state index contributed by atoms with van der Waals surface area (Å²) in [4.78, 5) is 18.1. The van der Waals surface area contributed by atoms with E-state index in [1.807, 2.05) is 36.4 Å². The van der Waals surface area contributed by atoms with Gasteiger partial charge in [0.25, 0.3) is 0 Å². The summed E-state index contributed by atoms with van der Waals surface area (Å²) in [7, 11) is 0. The van der Waals surface area contributed by atoms with Crippen LogP contribution in [0.1, 0.15) is 16.7 Å². The Bertz CT molecular complexity index is 1280. The predicted octanol–water partition coefficient (Wildman–Crippen LogP) is 4.08. The molecule has 2 aromatic heterocycles. The lowest BCUT2D eigenvalue weighted by molar-refractivity contribution is 0.247. The van der Waals surface area contributed by atoms with Crippen molar-refractivity contribution in [3.8, 4) is 11.4 Å². The molecule has 0 radical (unpaired) electrons. The zero-order valence-electron chi connectivity index (χ0n) is 20.0. The van der Waals surface area contributed by atoms with Gasteiger partial charge in [0.15, 0.2) is 0 Å². The van der Waals surface area contributed by atoms with Crippen LogP contribution < -0.4 is 15.2 Å². The second-order valence-corrected chi connectivity index (χ2v) is 8.89. The third-order valence-corrected chi connectivity index (χ3v) is 6.37. The summed E-state index contributed by atoms with van der Waals surface area (Å²) in [5, 5.41) is 4.50. The van der Waals surface area contributed by atoms with Crippen LogP contribution in [-0.2, 0) is 13.0 Å². The second-order valence-electron chi connectivity index (χ2n) is 8.89. The lowest BCUT2D eigenvalue weighted by Crippen LogP contribution is -2.46. The topological polar surface area (TPSA) is 63.7 Å². The third kappa shape index (κ3) is 5.46. The summed E-state index contributed by atoms with van der Waals surface area (Å²) < 4.78 is 12.8. The molecule has 3 heterocycles. The van der Waals surface area contributed by atoms with Crippen LogP contribution in [0, 0.1) is 6.92 Å². The quantitative estimate of drug-likeness (QED) is 0.387. The summed E-state index contributed by atoms with van der Waals surface area (Å²) in [6.07, 6.45) is 5.99. The second kappa shape index (κ2) is 10.6. The van der Waals surface area contributed by atoms with Crippen molar-refractivity contribution in [2.75, 3.05) is 37.7 Å². The first-order valence-corrected chi connectivity index (χ1v) is 12.0. The third-order valence-electron chi connectivity index (χ3n) is 6.37. The van der Waals surface area contributed by atoms with E-state index in [0.717, 1.165) is 50.5 Å². The minimum absolute atomic E-state index is 0.238. The first-order valence-electron chi connectivity index (χ1n) is 12.0. The molecule has 0 atom stereocenters. The predicted molar refractivity (Wildman–Crippen MR) is 136 cm³/mol. The molecule has 0 N–H and O–H groups in total. The molecule has 2 aromatic carbocycles. The number of hydrogen-bond donors (Lipinski definition) is 0. The highest BCUT2D eigenvalue weighted by Gasteiger charge is 2.23. The molecule has 1 aliphatic rings. The summed E-state index contributed by atoms with van der Waals surface area (Å²) in [6.45, 7) is 6.71. The van der Waals surface area contributed by atoms with Crippen molar-refractivity contribution < 1.29 is 9.15 Å². The SMILES string of the molecule is Cc1ccc(CCOc2c(N3CCN(Cc4ccoc4)CC3)cnn(-c3ccccc3)c2=O)cc1. The van der Waals surface area contributed by atoms with Crippen LogP contribution in [0.4, 0.5) is 5.69 Å². The smallest absolute Gasteiger partial charge is 0.316 e. The van der Waals surface area contributed by atoms with Gasteiger partial charge in [-0.15, -0.1) is 0 Å². The van der Waals surface area contributed by atoms with Crippen molar-refractivity contribution in [2.45, 2.75) is 19.9 Å². The largest absolute Gasteiger partial charge is 0.486 e. The highest BCUT2D eigenvalue weighted by atomic mass is 16.5. The molecule has 0 unspecified atom stereocenters. The zero-order chi connectivity index (χ0) is 24.0. The maximum Gasteiger partial charge on any atom is 0.316 e. The highest BCUT2D eigenvalue weighted by Crippen LogP contribution is 2.26. The molecule has 4 aromatic rings. The molecule has 180 valence electrons. The van der Waals surface area contributed by atoms with Gasteiger partial charge >= 0.3 is 5.56 Å². The monoisotopic (exact) mass is 470 g/mol. The van der Waals surface area contributed by atoms with Crippen molar-refractivity contribution in [3.63, 3.8) is 0 Å². The van der Waals surface area contributed by atoms with Crippen LogP contribution in [-0.4, -0.2) is 47.5 Å². The van der Waals surface area contributed by atoms with Crippen molar-refractivity contribution >= 4 is 5.69 Å². The molecule has 0 amide bonds. The Hall–Kier alpha value is -3.84. The standard InChI is InChI=1S/C28H30N4O3/c1-22-7-9-23(10-8-22)12-18-35-27-26(19-29-32(28(27)33)25-5-3-2-4-6-25)31-15-13-30(14-16-31)20-24-11-17-34-21-24/h2-11,17,19,21H,12-16,18,20H2,1H3. The highest BCUT2D eigenvalue weighted by molar-refractivity contribution is 5.57. The van der Waals surface area contributed by atoms with Gasteiger partial charge in [-0.1, -0.05) is 48.0 Å². The number of anilines is 1. The van der Waals surface area contributed by atoms with E-state index < -0.39 is 0 Å². The number of rotatable bonds is 8. The average Bonchev–Trinajstić information content (AvgIpc) is 3.40. The van der Waals surface area contributed by atoms with Gasteiger partial charge in [-0.3, -0.25) is 9.69 Å². The van der Waals surface area contributed by atoms with E-state index in [1.54, 1.807) is 18.7 Å². The molecule has 0 aliphatic carbocycles. The summed E-state index contributed by atoms with van der Waals surface area (Å²) in [5.74, 6) is 0.360. The van der Waals surface area contributed by atoms with Gasteiger partial charge in [0.2, 0.25) is 5.75 Å². The maximum atomic E-state index is 13.5. The molecule has 5 rings (SSSR count). The fraction of sp³-hybridized carbons (Fsp3) is 0.286. The maximum absolute atomic E-state index is 13.5. The van der Waals surface area contributed by atoms with Crippen LogP contribution >= 0.6 is 0 Å². The van der Waals surface area contributed by atoms with Crippen LogP contribution in [0.2, 0.25) is 0 Å². The van der Waals surface area contributed by atoms with Crippen molar-refractivity contribution in [1.29, 1.82) is 0 Å². The van der Waals surface area contributed by atoms with Gasteiger partial charge in [0, 0.05) is 44.7 Å². The number of ether oxygens (including phenoxy) is 1. The number of benzene rings is 2. The van der Waals surface area contributed by atoms with Crippen molar-refractivity contribution in [3.05, 3.63) is 106 Å². The Kier molecular flexibility index (Phi) is 6.95. The Morgan fingerprint density at radius 2 is 1.71 bits per heavy atom. The van der Waals surface area contributed by atoms with Crippen LogP contribution in [0.15, 0.2) is 88.6 Å². The fourth-order valence-corrected chi connectivity index (χ4v) is 4.36. The van der Waals surface area contributed by atoms with Crippen LogP contribution in [0.25, 0.3) is 5.69 Å². The molecule has 1 aliphatic heterocycles. The van der Waals surface area contributed by atoms with E-state index >= 15 is 0 Å². The Labute approximate surface area is 205 Å². The van der Waals surface area contributed by atoms with Gasteiger partial charge in [0.1, 0.15) is 5.69 Å². The lowest BCUT2D eigenvalue weighted by atomic mass is 10.1. The van der Waals surface area contributed by atoms with Gasteiger partial charge < -0.3 is 14.1 Å². The summed E-state index contributed by atoms with van der Waals surface area (Å²) in [6, 6.07) is 19.9. The molecule has 7 nitrogen and oxygen atoms in total. The van der Waals surface area contributed by atoms with Gasteiger partial charge in [-0.05, 0) is 30.7 Å². The molecule has 0 spiro atoms. The molecule has 1 fully saturated rings. The molecule has 0 bridgehead atoms. The minimum Gasteiger partial charge on any atom is -0.486 e. The van der Waals surface area contributed by atoms with Gasteiger partial charge in [0.05, 0.1) is 31.0 Å². The average molecular weight is 471 g/mol. The Morgan fingerprint density at radius 3 is 2.43 bits per heavy atom. The first-order chi connectivity index (χ1) is 17.2. The van der Waals surface area contributed by atoms with Gasteiger partial charge in [-0.2, -0.15) is 9.78 Å². The number of aromatic nitrogens is 2. The van der Waals surface area contributed by atoms with Crippen LogP contribution in [0.3, 0.4) is 0 Å². The zero-order valence-corrected chi connectivity index (χ0v) is 20.0.